The minimum absolute atomic E-state index is 0.0695. The lowest BCUT2D eigenvalue weighted by Gasteiger charge is -2.34. The molecule has 0 spiro atoms. The van der Waals surface area contributed by atoms with Crippen molar-refractivity contribution in [3.63, 3.8) is 0 Å². The molecule has 14 heteroatoms. The summed E-state index contributed by atoms with van der Waals surface area (Å²) in [7, 11) is -2.34. The third-order valence-electron chi connectivity index (χ3n) is 7.70. The third-order valence-corrected chi connectivity index (χ3v) is 9.41. The van der Waals surface area contributed by atoms with E-state index in [9.17, 15) is 30.8 Å². The molecule has 1 fully saturated rings. The lowest BCUT2D eigenvalue weighted by molar-refractivity contribution is -0.190. The fourth-order valence-corrected chi connectivity index (χ4v) is 7.36. The predicted molar refractivity (Wildman–Crippen MR) is 130 cm³/mol. The summed E-state index contributed by atoms with van der Waals surface area (Å²) >= 11 is 0. The Bertz CT molecular complexity index is 1560. The largest absolute Gasteiger partial charge is 0.413 e. The predicted octanol–water partition coefficient (Wildman–Crippen LogP) is 4.10. The molecule has 8 nitrogen and oxygen atoms in total. The van der Waals surface area contributed by atoms with Gasteiger partial charge in [0.1, 0.15) is 15.7 Å². The first-order chi connectivity index (χ1) is 18.1. The van der Waals surface area contributed by atoms with Crippen molar-refractivity contribution in [3.05, 3.63) is 58.8 Å². The van der Waals surface area contributed by atoms with E-state index in [0.29, 0.717) is 22.6 Å². The highest BCUT2D eigenvalue weighted by atomic mass is 32.2. The van der Waals surface area contributed by atoms with E-state index in [0.717, 1.165) is 19.3 Å². The maximum atomic E-state index is 15.5. The first kappa shape index (κ1) is 27.4. The molecule has 0 saturated carbocycles. The second kappa shape index (κ2) is 9.20. The molecule has 4 heterocycles. The minimum Gasteiger partial charge on any atom is -0.330 e. The topological polar surface area (TPSA) is 97.5 Å². The Morgan fingerprint density at radius 3 is 2.41 bits per heavy atom. The van der Waals surface area contributed by atoms with Gasteiger partial charge in [-0.15, -0.1) is 5.10 Å². The van der Waals surface area contributed by atoms with Crippen LogP contribution in [-0.4, -0.2) is 63.5 Å². The Hall–Kier alpha value is -3.16. The number of amides is 1. The van der Waals surface area contributed by atoms with E-state index in [2.05, 4.69) is 15.1 Å². The highest BCUT2D eigenvalue weighted by molar-refractivity contribution is 7.91. The molecule has 1 aliphatic carbocycles. The van der Waals surface area contributed by atoms with Gasteiger partial charge in [0.25, 0.3) is 0 Å². The molecule has 0 aromatic carbocycles. The first-order valence-electron chi connectivity index (χ1n) is 12.3. The smallest absolute Gasteiger partial charge is 0.330 e. The van der Waals surface area contributed by atoms with Gasteiger partial charge in [-0.3, -0.25) is 9.78 Å². The van der Waals surface area contributed by atoms with Gasteiger partial charge in [0.05, 0.1) is 22.9 Å². The number of hydrogen-bond donors (Lipinski definition) is 0. The molecule has 1 saturated heterocycles. The van der Waals surface area contributed by atoms with Crippen LogP contribution in [0.5, 0.6) is 0 Å². The number of nitrogens with zero attached hydrogens (tertiary/aromatic N) is 5. The lowest BCUT2D eigenvalue weighted by atomic mass is 9.87. The quantitative estimate of drug-likeness (QED) is 0.438. The van der Waals surface area contributed by atoms with Crippen molar-refractivity contribution in [3.8, 4) is 0 Å². The molecule has 1 amide bonds. The van der Waals surface area contributed by atoms with Gasteiger partial charge in [-0.2, -0.15) is 17.6 Å². The van der Waals surface area contributed by atoms with E-state index >= 15 is 4.39 Å². The van der Waals surface area contributed by atoms with E-state index < -0.39 is 62.5 Å². The van der Waals surface area contributed by atoms with Crippen LogP contribution >= 0.6 is 0 Å². The second-order valence-electron chi connectivity index (χ2n) is 10.9. The molecule has 2 aliphatic rings. The number of halogens is 5. The van der Waals surface area contributed by atoms with Gasteiger partial charge in [0.2, 0.25) is 11.9 Å². The van der Waals surface area contributed by atoms with Crippen LogP contribution in [0.2, 0.25) is 0 Å². The summed E-state index contributed by atoms with van der Waals surface area (Å²) < 4.78 is 96.7. The van der Waals surface area contributed by atoms with E-state index in [-0.39, 0.29) is 35.7 Å². The number of carbonyl (C=O) groups excluding carboxylic acids is 1. The van der Waals surface area contributed by atoms with Crippen molar-refractivity contribution in [2.75, 3.05) is 18.6 Å². The first-order valence-corrected chi connectivity index (χ1v) is 14.1. The summed E-state index contributed by atoms with van der Waals surface area (Å²) in [5, 5.41) is 3.86. The fourth-order valence-electron chi connectivity index (χ4n) is 5.87. The average molecular weight is 572 g/mol. The molecular formula is C25H26F5N5O3S. The lowest BCUT2D eigenvalue weighted by Crippen LogP contribution is -2.44. The molecule has 3 aromatic rings. The number of fused-ring (bicyclic) bond motifs is 3. The van der Waals surface area contributed by atoms with Gasteiger partial charge < -0.3 is 4.90 Å². The molecule has 0 bridgehead atoms. The van der Waals surface area contributed by atoms with E-state index in [1.54, 1.807) is 0 Å². The summed E-state index contributed by atoms with van der Waals surface area (Å²) in [5.41, 5.74) is 0.192. The van der Waals surface area contributed by atoms with E-state index in [4.69, 9.17) is 0 Å². The van der Waals surface area contributed by atoms with Gasteiger partial charge >= 0.3 is 6.18 Å². The highest BCUT2D eigenvalue weighted by Gasteiger charge is 2.48. The van der Waals surface area contributed by atoms with Crippen molar-refractivity contribution in [1.82, 2.24) is 24.5 Å². The average Bonchev–Trinajstić information content (AvgIpc) is 3.33. The molecule has 39 heavy (non-hydrogen) atoms. The number of carbonyl (C=O) groups is 1. The van der Waals surface area contributed by atoms with Crippen LogP contribution in [0.4, 0.5) is 22.0 Å². The standard InChI is InChI=1S/C25H26F5N5O3S/c1-24(2)10-15(16-12-31-19-9-18(27)33-35(19)22(16)24)20-17(26)8-14(11-32-20)21(25(28,29)30)34(3)23(36)13-4-6-39(37,38)7-5-13/h8-9,11-13,15,21H,4-7,10H2,1-3H3/t15-,21-/m0/s1. The zero-order valence-corrected chi connectivity index (χ0v) is 22.2. The minimum atomic E-state index is -4.94. The van der Waals surface area contributed by atoms with Crippen molar-refractivity contribution >= 4 is 21.4 Å². The fraction of sp³-hybridized carbons (Fsp3) is 0.520. The molecule has 210 valence electrons. The van der Waals surface area contributed by atoms with Crippen molar-refractivity contribution in [1.29, 1.82) is 0 Å². The van der Waals surface area contributed by atoms with Crippen LogP contribution in [0.1, 0.15) is 67.6 Å². The van der Waals surface area contributed by atoms with Gasteiger partial charge in [-0.25, -0.2) is 22.3 Å². The summed E-state index contributed by atoms with van der Waals surface area (Å²) in [6, 6.07) is -0.570. The van der Waals surface area contributed by atoms with Crippen molar-refractivity contribution < 1.29 is 35.2 Å². The monoisotopic (exact) mass is 571 g/mol. The molecule has 0 unspecified atom stereocenters. The van der Waals surface area contributed by atoms with Gasteiger partial charge in [-0.1, -0.05) is 13.8 Å². The second-order valence-corrected chi connectivity index (χ2v) is 13.2. The molecule has 2 atom stereocenters. The van der Waals surface area contributed by atoms with E-state index in [1.165, 1.54) is 16.8 Å². The van der Waals surface area contributed by atoms with Crippen molar-refractivity contribution in [2.24, 2.45) is 5.92 Å². The summed E-state index contributed by atoms with van der Waals surface area (Å²) in [4.78, 5) is 21.7. The van der Waals surface area contributed by atoms with Crippen LogP contribution in [0.3, 0.4) is 0 Å². The molecule has 0 radical (unpaired) electrons. The van der Waals surface area contributed by atoms with E-state index in [1.807, 2.05) is 13.8 Å². The SMILES string of the molecule is CN(C(=O)C1CCS(=O)(=O)CC1)[C@@H](c1cnc([C@H]2CC(C)(C)c3c2cnc2cc(F)nn32)c(F)c1)C(F)(F)F. The molecule has 1 aliphatic heterocycles. The molecule has 0 N–H and O–H groups in total. The molecular weight excluding hydrogens is 545 g/mol. The number of sulfone groups is 1. The summed E-state index contributed by atoms with van der Waals surface area (Å²) in [5.74, 6) is -4.66. The number of alkyl halides is 3. The van der Waals surface area contributed by atoms with Crippen LogP contribution in [-0.2, 0) is 20.0 Å². The zero-order valence-electron chi connectivity index (χ0n) is 21.3. The third kappa shape index (κ3) is 4.87. The zero-order chi connectivity index (χ0) is 28.5. The number of pyridine rings is 1. The normalized spacial score (nSPS) is 21.6. The van der Waals surface area contributed by atoms with Gasteiger partial charge in [-0.05, 0) is 25.3 Å². The summed E-state index contributed by atoms with van der Waals surface area (Å²) in [6.45, 7) is 3.74. The Labute approximate surface area is 221 Å². The summed E-state index contributed by atoms with van der Waals surface area (Å²) in [6.07, 6.45) is -2.35. The Kier molecular flexibility index (Phi) is 6.47. The number of rotatable bonds is 4. The van der Waals surface area contributed by atoms with Crippen molar-refractivity contribution in [2.45, 2.75) is 56.7 Å². The Morgan fingerprint density at radius 2 is 1.79 bits per heavy atom. The maximum absolute atomic E-state index is 15.5. The molecule has 3 aromatic heterocycles. The Morgan fingerprint density at radius 1 is 1.13 bits per heavy atom. The number of hydrogen-bond acceptors (Lipinski definition) is 6. The Balaban J connectivity index is 1.48. The maximum Gasteiger partial charge on any atom is 0.413 e. The van der Waals surface area contributed by atoms with Gasteiger partial charge in [0, 0.05) is 53.9 Å². The van der Waals surface area contributed by atoms with Gasteiger partial charge in [0.15, 0.2) is 11.7 Å². The van der Waals surface area contributed by atoms with Crippen LogP contribution < -0.4 is 0 Å². The number of aromatic nitrogens is 4. The molecule has 5 rings (SSSR count). The van der Waals surface area contributed by atoms with Crippen LogP contribution in [0, 0.1) is 17.7 Å². The van der Waals surface area contributed by atoms with Crippen LogP contribution in [0.15, 0.2) is 24.5 Å². The van der Waals surface area contributed by atoms with Crippen LogP contribution in [0.25, 0.3) is 5.65 Å². The highest BCUT2D eigenvalue weighted by Crippen LogP contribution is 2.49.